The van der Waals surface area contributed by atoms with Crippen LogP contribution in [-0.2, 0) is 12.6 Å². The van der Waals surface area contributed by atoms with Gasteiger partial charge in [0.1, 0.15) is 5.82 Å². The monoisotopic (exact) mass is 446 g/mol. The number of alkyl halides is 3. The maximum Gasteiger partial charge on any atom is 0.434 e. The summed E-state index contributed by atoms with van der Waals surface area (Å²) in [7, 11) is 0. The van der Waals surface area contributed by atoms with Gasteiger partial charge in [0.15, 0.2) is 10.8 Å². The van der Waals surface area contributed by atoms with E-state index in [4.69, 9.17) is 0 Å². The summed E-state index contributed by atoms with van der Waals surface area (Å²) in [4.78, 5) is 17.5. The molecule has 31 heavy (non-hydrogen) atoms. The Morgan fingerprint density at radius 3 is 2.42 bits per heavy atom. The van der Waals surface area contributed by atoms with Crippen molar-refractivity contribution >= 4 is 22.4 Å². The Morgan fingerprint density at radius 1 is 1.03 bits per heavy atom. The number of hydrogen-bond donors (Lipinski definition) is 1. The highest BCUT2D eigenvalue weighted by Gasteiger charge is 2.40. The molecule has 0 radical (unpaired) electrons. The summed E-state index contributed by atoms with van der Waals surface area (Å²) >= 11 is 1.18. The number of thiazole rings is 1. The summed E-state index contributed by atoms with van der Waals surface area (Å²) in [5.74, 6) is -1.58. The molecule has 0 fully saturated rings. The van der Waals surface area contributed by atoms with Crippen LogP contribution in [0.25, 0.3) is 5.69 Å². The minimum Gasteiger partial charge on any atom is -0.298 e. The van der Waals surface area contributed by atoms with E-state index in [9.17, 15) is 22.4 Å². The van der Waals surface area contributed by atoms with E-state index >= 15 is 0 Å². The van der Waals surface area contributed by atoms with Gasteiger partial charge < -0.3 is 0 Å². The number of carbonyl (C=O) groups is 1. The minimum atomic E-state index is -4.86. The molecule has 2 aromatic heterocycles. The molecule has 0 aliphatic heterocycles. The number of amides is 1. The molecule has 1 amide bonds. The number of benzene rings is 2. The van der Waals surface area contributed by atoms with Gasteiger partial charge >= 0.3 is 6.18 Å². The Bertz CT molecular complexity index is 1200. The molecule has 5 nitrogen and oxygen atoms in total. The molecule has 1 N–H and O–H groups in total. The second kappa shape index (κ2) is 8.31. The molecule has 0 aliphatic rings. The van der Waals surface area contributed by atoms with Crippen LogP contribution in [0.15, 0.2) is 67.0 Å². The average Bonchev–Trinajstić information content (AvgIpc) is 3.36. The van der Waals surface area contributed by atoms with Crippen molar-refractivity contribution in [2.24, 2.45) is 0 Å². The fourth-order valence-corrected chi connectivity index (χ4v) is 3.82. The van der Waals surface area contributed by atoms with E-state index < -0.39 is 29.2 Å². The van der Waals surface area contributed by atoms with Gasteiger partial charge in [-0.3, -0.25) is 10.1 Å². The maximum atomic E-state index is 13.7. The highest BCUT2D eigenvalue weighted by atomic mass is 32.1. The van der Waals surface area contributed by atoms with Crippen molar-refractivity contribution in [3.63, 3.8) is 0 Å². The van der Waals surface area contributed by atoms with Crippen molar-refractivity contribution in [1.82, 2.24) is 14.8 Å². The summed E-state index contributed by atoms with van der Waals surface area (Å²) in [6.07, 6.45) is -1.87. The first-order chi connectivity index (χ1) is 14.8. The molecule has 0 unspecified atom stereocenters. The summed E-state index contributed by atoms with van der Waals surface area (Å²) in [5, 5.41) is 6.29. The number of nitrogens with one attached hydrogen (secondary N) is 1. The van der Waals surface area contributed by atoms with Crippen LogP contribution >= 0.6 is 11.3 Å². The second-order valence-corrected chi connectivity index (χ2v) is 7.66. The quantitative estimate of drug-likeness (QED) is 0.422. The fourth-order valence-electron chi connectivity index (χ4n) is 2.97. The Hall–Kier alpha value is -3.53. The third-order valence-electron chi connectivity index (χ3n) is 4.35. The van der Waals surface area contributed by atoms with E-state index in [1.165, 1.54) is 11.3 Å². The van der Waals surface area contributed by atoms with Crippen LogP contribution < -0.4 is 5.32 Å². The Balaban J connectivity index is 1.58. The lowest BCUT2D eigenvalue weighted by molar-refractivity contribution is -0.143. The smallest absolute Gasteiger partial charge is 0.298 e. The first-order valence-electron chi connectivity index (χ1n) is 9.02. The molecule has 2 heterocycles. The molecular weight excluding hydrogens is 432 g/mol. The zero-order valence-corrected chi connectivity index (χ0v) is 16.5. The number of halogens is 4. The molecule has 4 aromatic rings. The van der Waals surface area contributed by atoms with E-state index in [1.807, 2.05) is 30.3 Å². The number of anilines is 1. The maximum absolute atomic E-state index is 13.7. The standard InChI is InChI=1S/C21H14F4N4OS/c22-14-6-8-15(9-7-14)29-18(21(23,24)25)17(12-27-29)19(30)28-20-26-11-16(31-20)10-13-4-2-1-3-5-13/h1-9,11-12H,10H2,(H,26,28,30). The lowest BCUT2D eigenvalue weighted by Crippen LogP contribution is -2.20. The zero-order valence-electron chi connectivity index (χ0n) is 15.7. The summed E-state index contributed by atoms with van der Waals surface area (Å²) < 4.78 is 54.9. The highest BCUT2D eigenvalue weighted by Crippen LogP contribution is 2.34. The molecule has 0 saturated heterocycles. The zero-order chi connectivity index (χ0) is 22.0. The van der Waals surface area contributed by atoms with E-state index in [0.717, 1.165) is 40.9 Å². The van der Waals surface area contributed by atoms with Gasteiger partial charge in [0, 0.05) is 17.5 Å². The van der Waals surface area contributed by atoms with Gasteiger partial charge in [-0.15, -0.1) is 11.3 Å². The van der Waals surface area contributed by atoms with Crippen LogP contribution in [-0.4, -0.2) is 20.7 Å². The molecule has 158 valence electrons. The van der Waals surface area contributed by atoms with Crippen LogP contribution in [0.5, 0.6) is 0 Å². The molecule has 4 rings (SSSR count). The van der Waals surface area contributed by atoms with Crippen LogP contribution in [0.3, 0.4) is 0 Å². The third kappa shape index (κ3) is 4.64. The second-order valence-electron chi connectivity index (χ2n) is 6.54. The average molecular weight is 446 g/mol. The Labute approximate surface area is 178 Å². The molecule has 0 aliphatic carbocycles. The summed E-state index contributed by atoms with van der Waals surface area (Å²) in [6.45, 7) is 0. The molecule has 0 saturated carbocycles. The lowest BCUT2D eigenvalue weighted by Gasteiger charge is -2.12. The van der Waals surface area contributed by atoms with Crippen molar-refractivity contribution in [2.75, 3.05) is 5.32 Å². The predicted octanol–water partition coefficient (Wildman–Crippen LogP) is 5.33. The Morgan fingerprint density at radius 2 is 1.74 bits per heavy atom. The third-order valence-corrected chi connectivity index (χ3v) is 5.26. The van der Waals surface area contributed by atoms with E-state index in [-0.39, 0.29) is 10.8 Å². The largest absolute Gasteiger partial charge is 0.434 e. The van der Waals surface area contributed by atoms with E-state index in [2.05, 4.69) is 15.4 Å². The molecule has 2 aromatic carbocycles. The topological polar surface area (TPSA) is 59.8 Å². The van der Waals surface area contributed by atoms with Gasteiger partial charge in [0.25, 0.3) is 5.91 Å². The van der Waals surface area contributed by atoms with Crippen molar-refractivity contribution in [3.8, 4) is 5.69 Å². The number of aromatic nitrogens is 3. The Kier molecular flexibility index (Phi) is 5.55. The van der Waals surface area contributed by atoms with Crippen LogP contribution in [0.1, 0.15) is 26.5 Å². The lowest BCUT2D eigenvalue weighted by atomic mass is 10.1. The van der Waals surface area contributed by atoms with Gasteiger partial charge in [0.05, 0.1) is 17.4 Å². The minimum absolute atomic E-state index is 0.0211. The SMILES string of the molecule is O=C(Nc1ncc(Cc2ccccc2)s1)c1cnn(-c2ccc(F)cc2)c1C(F)(F)F. The van der Waals surface area contributed by atoms with Crippen molar-refractivity contribution in [1.29, 1.82) is 0 Å². The fraction of sp³-hybridized carbons (Fsp3) is 0.0952. The van der Waals surface area contributed by atoms with Gasteiger partial charge in [-0.2, -0.15) is 18.3 Å². The van der Waals surface area contributed by atoms with Crippen LogP contribution in [0.2, 0.25) is 0 Å². The first kappa shape index (κ1) is 20.7. The summed E-state index contributed by atoms with van der Waals surface area (Å²) in [5.41, 5.74) is -0.884. The molecular formula is C21H14F4N4OS. The van der Waals surface area contributed by atoms with E-state index in [0.29, 0.717) is 11.1 Å². The van der Waals surface area contributed by atoms with Gasteiger partial charge in [-0.25, -0.2) is 14.1 Å². The molecule has 10 heteroatoms. The van der Waals surface area contributed by atoms with Crippen LogP contribution in [0, 0.1) is 5.82 Å². The van der Waals surface area contributed by atoms with E-state index in [1.54, 1.807) is 6.20 Å². The number of carbonyl (C=O) groups excluding carboxylic acids is 1. The normalized spacial score (nSPS) is 11.5. The number of hydrogen-bond acceptors (Lipinski definition) is 4. The van der Waals surface area contributed by atoms with Gasteiger partial charge in [-0.1, -0.05) is 30.3 Å². The number of nitrogens with zero attached hydrogens (tertiary/aromatic N) is 3. The molecule has 0 spiro atoms. The van der Waals surface area contributed by atoms with Crippen LogP contribution in [0.4, 0.5) is 22.7 Å². The molecule has 0 bridgehead atoms. The summed E-state index contributed by atoms with van der Waals surface area (Å²) in [6, 6.07) is 13.9. The highest BCUT2D eigenvalue weighted by molar-refractivity contribution is 7.15. The van der Waals surface area contributed by atoms with Gasteiger partial charge in [-0.05, 0) is 29.8 Å². The number of rotatable bonds is 5. The predicted molar refractivity (Wildman–Crippen MR) is 108 cm³/mol. The van der Waals surface area contributed by atoms with Gasteiger partial charge in [0.2, 0.25) is 0 Å². The van der Waals surface area contributed by atoms with Crippen molar-refractivity contribution in [3.05, 3.63) is 94.5 Å². The van der Waals surface area contributed by atoms with Crippen molar-refractivity contribution < 1.29 is 22.4 Å². The van der Waals surface area contributed by atoms with Crippen molar-refractivity contribution in [2.45, 2.75) is 12.6 Å². The molecule has 0 atom stereocenters. The first-order valence-corrected chi connectivity index (χ1v) is 9.84.